The molecule has 11 nitrogen and oxygen atoms in total. The Balaban J connectivity index is 1.98. The number of hydrogen-bond donors (Lipinski definition) is 3. The van der Waals surface area contributed by atoms with Gasteiger partial charge in [0.15, 0.2) is 12.1 Å². The number of allylic oxidation sites excluding steroid dienone is 1. The number of fused-ring (bicyclic) bond motifs is 1. The molecule has 2 fully saturated rings. The van der Waals surface area contributed by atoms with E-state index in [1.165, 1.54) is 6.08 Å². The molecule has 0 amide bonds. The Bertz CT molecular complexity index is 987. The van der Waals surface area contributed by atoms with Gasteiger partial charge < -0.3 is 39.2 Å². The predicted molar refractivity (Wildman–Crippen MR) is 153 cm³/mol. The molecule has 0 aromatic carbocycles. The van der Waals surface area contributed by atoms with E-state index in [0.29, 0.717) is 12.8 Å². The predicted octanol–water partition coefficient (Wildman–Crippen LogP) is 2.56. The first-order valence-corrected chi connectivity index (χ1v) is 15.2. The Labute approximate surface area is 249 Å². The van der Waals surface area contributed by atoms with E-state index in [4.69, 9.17) is 18.9 Å². The fourth-order valence-electron chi connectivity index (χ4n) is 6.57. The molecular formula is C31H51NO10. The molecule has 0 spiro atoms. The van der Waals surface area contributed by atoms with Gasteiger partial charge in [-0.25, -0.2) is 0 Å². The number of carboxylic acid groups (broad SMARTS) is 1. The minimum Gasteiger partial charge on any atom is -0.481 e. The van der Waals surface area contributed by atoms with Crippen LogP contribution in [0.15, 0.2) is 12.2 Å². The van der Waals surface area contributed by atoms with Crippen LogP contribution >= 0.6 is 0 Å². The van der Waals surface area contributed by atoms with Gasteiger partial charge in [-0.05, 0) is 65.3 Å². The minimum atomic E-state index is -1.24. The van der Waals surface area contributed by atoms with Crippen LogP contribution in [0, 0.1) is 23.7 Å². The molecule has 11 heteroatoms. The summed E-state index contributed by atoms with van der Waals surface area (Å²) in [4.78, 5) is 40.2. The summed E-state index contributed by atoms with van der Waals surface area (Å²) in [6.45, 7) is 11.0. The van der Waals surface area contributed by atoms with Gasteiger partial charge in [-0.1, -0.05) is 27.7 Å². The third kappa shape index (κ3) is 8.39. The first-order chi connectivity index (χ1) is 19.6. The maximum atomic E-state index is 13.2. The van der Waals surface area contributed by atoms with Crippen LogP contribution < -0.4 is 0 Å². The van der Waals surface area contributed by atoms with E-state index in [2.05, 4.69) is 0 Å². The number of ether oxygens (including phenoxy) is 4. The van der Waals surface area contributed by atoms with Gasteiger partial charge in [-0.3, -0.25) is 14.4 Å². The van der Waals surface area contributed by atoms with E-state index in [0.717, 1.165) is 0 Å². The molecule has 42 heavy (non-hydrogen) atoms. The zero-order valence-electron chi connectivity index (χ0n) is 26.3. The van der Waals surface area contributed by atoms with Gasteiger partial charge in [0.25, 0.3) is 0 Å². The molecule has 2 saturated heterocycles. The lowest BCUT2D eigenvalue weighted by Gasteiger charge is -2.44. The molecule has 13 atom stereocenters. The van der Waals surface area contributed by atoms with E-state index in [1.54, 1.807) is 19.9 Å². The third-order valence-corrected chi connectivity index (χ3v) is 9.33. The van der Waals surface area contributed by atoms with Crippen molar-refractivity contribution in [2.45, 2.75) is 128 Å². The fraction of sp³-hybridized carbons (Fsp3) is 0.839. The lowest BCUT2D eigenvalue weighted by Crippen LogP contribution is -2.56. The number of ketones is 1. The lowest BCUT2D eigenvalue weighted by atomic mass is 9.79. The molecule has 0 aromatic heterocycles. The number of epoxide rings is 1. The number of likely N-dealkylation sites (N-methyl/N-ethyl adjacent to an activating group) is 1. The smallest absolute Gasteiger partial charge is 0.308 e. The van der Waals surface area contributed by atoms with Crippen LogP contribution in [0.5, 0.6) is 0 Å². The molecule has 3 aliphatic rings. The van der Waals surface area contributed by atoms with Crippen molar-refractivity contribution in [2.24, 2.45) is 23.7 Å². The molecule has 3 N–H and O–H groups in total. The Morgan fingerprint density at radius 2 is 1.79 bits per heavy atom. The van der Waals surface area contributed by atoms with Gasteiger partial charge in [0.2, 0.25) is 0 Å². The van der Waals surface area contributed by atoms with Gasteiger partial charge >= 0.3 is 11.9 Å². The normalized spacial score (nSPS) is 44.7. The van der Waals surface area contributed by atoms with Gasteiger partial charge in [-0.2, -0.15) is 0 Å². The van der Waals surface area contributed by atoms with E-state index in [1.807, 2.05) is 46.7 Å². The summed E-state index contributed by atoms with van der Waals surface area (Å²) in [5.74, 6) is -4.05. The molecule has 0 bridgehead atoms. The van der Waals surface area contributed by atoms with Crippen LogP contribution in [0.3, 0.4) is 0 Å². The first-order valence-electron chi connectivity index (χ1n) is 15.2. The van der Waals surface area contributed by atoms with Crippen LogP contribution in [0.2, 0.25) is 0 Å². The molecule has 3 rings (SSSR count). The van der Waals surface area contributed by atoms with Crippen molar-refractivity contribution >= 4 is 17.7 Å². The summed E-state index contributed by atoms with van der Waals surface area (Å²) in [7, 11) is 3.70. The summed E-state index contributed by atoms with van der Waals surface area (Å²) in [6.07, 6.45) is -1.49. The Kier molecular flexibility index (Phi) is 11.7. The number of hydrogen-bond acceptors (Lipinski definition) is 10. The number of aliphatic carboxylic acids is 1. The highest BCUT2D eigenvalue weighted by Gasteiger charge is 2.55. The van der Waals surface area contributed by atoms with Crippen LogP contribution in [-0.4, -0.2) is 107 Å². The number of carboxylic acids is 1. The van der Waals surface area contributed by atoms with Crippen LogP contribution in [0.1, 0.15) is 73.6 Å². The highest BCUT2D eigenvalue weighted by Crippen LogP contribution is 2.45. The average molecular weight is 598 g/mol. The number of carbonyl (C=O) groups excluding carboxylic acids is 2. The Morgan fingerprint density at radius 3 is 2.38 bits per heavy atom. The topological polar surface area (TPSA) is 155 Å². The van der Waals surface area contributed by atoms with E-state index in [-0.39, 0.29) is 49.2 Å². The van der Waals surface area contributed by atoms with Crippen molar-refractivity contribution in [3.8, 4) is 0 Å². The number of aliphatic hydroxyl groups is 2. The number of cyclic esters (lactones) is 1. The molecule has 3 aliphatic heterocycles. The van der Waals surface area contributed by atoms with Gasteiger partial charge in [-0.15, -0.1) is 0 Å². The third-order valence-electron chi connectivity index (χ3n) is 9.33. The Hall–Kier alpha value is -1.89. The Morgan fingerprint density at radius 1 is 1.12 bits per heavy atom. The van der Waals surface area contributed by atoms with Gasteiger partial charge in [0, 0.05) is 23.8 Å². The zero-order valence-corrected chi connectivity index (χ0v) is 26.3. The summed E-state index contributed by atoms with van der Waals surface area (Å²) in [5.41, 5.74) is -0.681. The second-order valence-corrected chi connectivity index (χ2v) is 13.1. The standard InChI is InChI=1S/C31H51NO10/c1-9-24-19(5)29-31(6,42-29)11-10-22(33)16(2)12-20(14-25(35)36)28(18(4)23(34)15-26(37)40-24)41-30-27(38)21(32(7)8)13-17(3)39-30/h10-11,16-21,23-24,27-30,34,38H,9,12-15H2,1-8H3,(H,35,36)/b11-10+/t16-,17-,18+,19-,20-,21+,23-,24-,27+,28-,29+,30-,31+/m1/s1. The molecule has 0 aromatic rings. The van der Waals surface area contributed by atoms with E-state index < -0.39 is 66.0 Å². The highest BCUT2D eigenvalue weighted by atomic mass is 16.7. The largest absolute Gasteiger partial charge is 0.481 e. The molecule has 0 aliphatic carbocycles. The summed E-state index contributed by atoms with van der Waals surface area (Å²) in [6, 6.07) is -0.272. The second kappa shape index (κ2) is 14.3. The monoisotopic (exact) mass is 597 g/mol. The molecule has 3 heterocycles. The SMILES string of the molecule is CC[C@H]1OC(=O)C[C@@H](O)[C@H](C)[C@@H](O[C@H]2O[C@H](C)C[C@H](N(C)C)[C@@H]2O)[C@@H](CC(=O)O)C[C@@H](C)C(=O)/C=C/[C@]2(C)O[C@H]2[C@@H]1C. The molecule has 0 saturated carbocycles. The molecule has 0 radical (unpaired) electrons. The van der Waals surface area contributed by atoms with Crippen molar-refractivity contribution in [1.82, 2.24) is 4.90 Å². The van der Waals surface area contributed by atoms with E-state index >= 15 is 0 Å². The highest BCUT2D eigenvalue weighted by molar-refractivity contribution is 5.91. The quantitative estimate of drug-likeness (QED) is 0.306. The van der Waals surface area contributed by atoms with Crippen molar-refractivity contribution in [2.75, 3.05) is 14.1 Å². The van der Waals surface area contributed by atoms with E-state index in [9.17, 15) is 29.7 Å². The maximum Gasteiger partial charge on any atom is 0.308 e. The number of nitrogens with zero attached hydrogens (tertiary/aromatic N) is 1. The van der Waals surface area contributed by atoms with Crippen LogP contribution in [0.25, 0.3) is 0 Å². The molecular weight excluding hydrogens is 546 g/mol. The average Bonchev–Trinajstić information content (AvgIpc) is 3.59. The van der Waals surface area contributed by atoms with Gasteiger partial charge in [0.1, 0.15) is 17.8 Å². The fourth-order valence-corrected chi connectivity index (χ4v) is 6.57. The van der Waals surface area contributed by atoms with Crippen molar-refractivity contribution in [3.05, 3.63) is 12.2 Å². The second-order valence-electron chi connectivity index (χ2n) is 13.1. The van der Waals surface area contributed by atoms with Crippen molar-refractivity contribution in [1.29, 1.82) is 0 Å². The number of carbonyl (C=O) groups is 3. The number of rotatable bonds is 6. The summed E-state index contributed by atoms with van der Waals surface area (Å²) >= 11 is 0. The first kappa shape index (κ1) is 34.6. The van der Waals surface area contributed by atoms with Crippen molar-refractivity contribution in [3.63, 3.8) is 0 Å². The summed E-state index contributed by atoms with van der Waals surface area (Å²) < 4.78 is 24.1. The molecule has 240 valence electrons. The van der Waals surface area contributed by atoms with Crippen LogP contribution in [-0.2, 0) is 33.3 Å². The lowest BCUT2D eigenvalue weighted by molar-refractivity contribution is -0.283. The minimum absolute atomic E-state index is 0.142. The number of esters is 1. The number of aliphatic hydroxyl groups excluding tert-OH is 2. The maximum absolute atomic E-state index is 13.2. The summed E-state index contributed by atoms with van der Waals surface area (Å²) in [5, 5.41) is 32.3. The zero-order chi connectivity index (χ0) is 31.5. The molecule has 0 unspecified atom stereocenters. The van der Waals surface area contributed by atoms with Gasteiger partial charge in [0.05, 0.1) is 37.3 Å². The van der Waals surface area contributed by atoms with Crippen molar-refractivity contribution < 1.29 is 48.7 Å². The van der Waals surface area contributed by atoms with Crippen LogP contribution in [0.4, 0.5) is 0 Å².